The molecule has 27 heavy (non-hydrogen) atoms. The average Bonchev–Trinajstić information content (AvgIpc) is 2.65. The molecule has 0 radical (unpaired) electrons. The molecule has 0 bridgehead atoms. The number of carbonyl (C=O) groups is 1. The maximum absolute atomic E-state index is 13.8. The third-order valence-electron chi connectivity index (χ3n) is 4.21. The molecule has 0 aromatic heterocycles. The molecule has 0 spiro atoms. The Morgan fingerprint density at radius 1 is 1.04 bits per heavy atom. The van der Waals surface area contributed by atoms with Gasteiger partial charge in [-0.2, -0.15) is 0 Å². The molecular weight excluding hydrogens is 356 g/mol. The van der Waals surface area contributed by atoms with Gasteiger partial charge in [-0.1, -0.05) is 12.1 Å². The van der Waals surface area contributed by atoms with Gasteiger partial charge in [0.05, 0.1) is 27.4 Å². The highest BCUT2D eigenvalue weighted by atomic mass is 19.1. The number of amides is 1. The van der Waals surface area contributed by atoms with Crippen LogP contribution in [0.4, 0.5) is 8.78 Å². The molecule has 1 N–H and O–H groups in total. The van der Waals surface area contributed by atoms with Crippen molar-refractivity contribution < 1.29 is 27.8 Å². The summed E-state index contributed by atoms with van der Waals surface area (Å²) in [5.74, 6) is -0.118. The normalized spacial score (nSPS) is 11.6. The van der Waals surface area contributed by atoms with E-state index < -0.39 is 17.7 Å². The average molecular weight is 379 g/mol. The predicted molar refractivity (Wildman–Crippen MR) is 97.3 cm³/mol. The molecule has 2 aromatic rings. The zero-order chi connectivity index (χ0) is 20.0. The Kier molecular flexibility index (Phi) is 6.98. The van der Waals surface area contributed by atoms with E-state index in [4.69, 9.17) is 14.2 Å². The van der Waals surface area contributed by atoms with Gasteiger partial charge < -0.3 is 19.5 Å². The number of hydrogen-bond donors (Lipinski definition) is 1. The van der Waals surface area contributed by atoms with E-state index in [0.717, 1.165) is 17.7 Å². The second kappa shape index (κ2) is 9.21. The van der Waals surface area contributed by atoms with E-state index in [1.807, 2.05) is 0 Å². The minimum atomic E-state index is -0.690. The van der Waals surface area contributed by atoms with Crippen LogP contribution in [0, 0.1) is 11.6 Å². The number of benzene rings is 2. The Morgan fingerprint density at radius 3 is 2.33 bits per heavy atom. The van der Waals surface area contributed by atoms with Gasteiger partial charge in [0, 0.05) is 18.1 Å². The summed E-state index contributed by atoms with van der Waals surface area (Å²) < 4.78 is 42.8. The van der Waals surface area contributed by atoms with E-state index in [1.165, 1.54) is 27.4 Å². The molecule has 0 saturated carbocycles. The molecule has 2 rings (SSSR count). The van der Waals surface area contributed by atoms with Crippen LogP contribution in [0.1, 0.15) is 30.5 Å². The maximum atomic E-state index is 13.8. The van der Waals surface area contributed by atoms with Crippen molar-refractivity contribution >= 4 is 5.91 Å². The Morgan fingerprint density at radius 2 is 1.74 bits per heavy atom. The smallest absolute Gasteiger partial charge is 0.220 e. The molecule has 5 nitrogen and oxygen atoms in total. The highest BCUT2D eigenvalue weighted by molar-refractivity contribution is 5.77. The Bertz CT molecular complexity index is 811. The number of nitrogens with one attached hydrogen (secondary N) is 1. The van der Waals surface area contributed by atoms with Gasteiger partial charge in [-0.25, -0.2) is 8.78 Å². The summed E-state index contributed by atoms with van der Waals surface area (Å²) in [4.78, 5) is 12.3. The Labute approximate surface area is 157 Å². The molecular formula is C20H23F2NO4. The fourth-order valence-electron chi connectivity index (χ4n) is 2.85. The van der Waals surface area contributed by atoms with Gasteiger partial charge in [-0.05, 0) is 31.0 Å². The first-order chi connectivity index (χ1) is 12.9. The minimum Gasteiger partial charge on any atom is -0.493 e. The van der Waals surface area contributed by atoms with Gasteiger partial charge in [0.15, 0.2) is 11.5 Å². The predicted octanol–water partition coefficient (Wildman–Crippen LogP) is 3.80. The number of rotatable bonds is 8. The van der Waals surface area contributed by atoms with E-state index in [0.29, 0.717) is 23.7 Å². The molecule has 1 unspecified atom stereocenters. The van der Waals surface area contributed by atoms with Crippen molar-refractivity contribution in [2.75, 3.05) is 21.3 Å². The van der Waals surface area contributed by atoms with Crippen LogP contribution < -0.4 is 19.5 Å². The van der Waals surface area contributed by atoms with Crippen LogP contribution in [0.3, 0.4) is 0 Å². The molecule has 7 heteroatoms. The van der Waals surface area contributed by atoms with Gasteiger partial charge in [0.1, 0.15) is 11.6 Å². The van der Waals surface area contributed by atoms with E-state index in [-0.39, 0.29) is 17.9 Å². The Balaban J connectivity index is 2.05. The van der Waals surface area contributed by atoms with Crippen LogP contribution in [-0.2, 0) is 11.2 Å². The lowest BCUT2D eigenvalue weighted by Crippen LogP contribution is -2.27. The first-order valence-corrected chi connectivity index (χ1v) is 8.43. The number of ether oxygens (including phenoxy) is 3. The first kappa shape index (κ1) is 20.5. The van der Waals surface area contributed by atoms with E-state index in [1.54, 1.807) is 19.1 Å². The van der Waals surface area contributed by atoms with Gasteiger partial charge in [-0.3, -0.25) is 4.79 Å². The van der Waals surface area contributed by atoms with Crippen LogP contribution in [0.15, 0.2) is 30.3 Å². The minimum absolute atomic E-state index is 0.166. The summed E-state index contributed by atoms with van der Waals surface area (Å²) in [5.41, 5.74) is 1.01. The first-order valence-electron chi connectivity index (χ1n) is 8.43. The van der Waals surface area contributed by atoms with Crippen molar-refractivity contribution in [3.63, 3.8) is 0 Å². The lowest BCUT2D eigenvalue weighted by atomic mass is 10.1. The molecule has 1 atom stereocenters. The summed E-state index contributed by atoms with van der Waals surface area (Å²) in [6, 6.07) is 6.25. The summed E-state index contributed by atoms with van der Waals surface area (Å²) >= 11 is 0. The topological polar surface area (TPSA) is 56.8 Å². The molecule has 0 aliphatic heterocycles. The molecule has 0 heterocycles. The molecule has 0 aliphatic rings. The fourth-order valence-corrected chi connectivity index (χ4v) is 2.85. The Hall–Kier alpha value is -2.83. The number of methoxy groups -OCH3 is 3. The van der Waals surface area contributed by atoms with Crippen molar-refractivity contribution in [3.8, 4) is 17.2 Å². The molecule has 146 valence electrons. The SMILES string of the molecule is COc1ccc(CCC(=O)NC(C)c2ccc(F)cc2F)c(OC)c1OC. The molecule has 0 fully saturated rings. The largest absolute Gasteiger partial charge is 0.493 e. The van der Waals surface area contributed by atoms with Crippen molar-refractivity contribution in [1.82, 2.24) is 5.32 Å². The molecule has 2 aromatic carbocycles. The molecule has 0 saturated heterocycles. The zero-order valence-corrected chi connectivity index (χ0v) is 15.8. The lowest BCUT2D eigenvalue weighted by Gasteiger charge is -2.17. The third kappa shape index (κ3) is 4.87. The summed E-state index contributed by atoms with van der Waals surface area (Å²) in [5, 5.41) is 2.72. The van der Waals surface area contributed by atoms with Gasteiger partial charge in [0.25, 0.3) is 0 Å². The van der Waals surface area contributed by atoms with Gasteiger partial charge >= 0.3 is 0 Å². The lowest BCUT2D eigenvalue weighted by molar-refractivity contribution is -0.121. The number of carbonyl (C=O) groups excluding carboxylic acids is 1. The number of halogens is 2. The van der Waals surface area contributed by atoms with Crippen molar-refractivity contribution in [2.24, 2.45) is 0 Å². The summed E-state index contributed by atoms with van der Waals surface area (Å²) in [6.07, 6.45) is 0.562. The summed E-state index contributed by atoms with van der Waals surface area (Å²) in [6.45, 7) is 1.64. The van der Waals surface area contributed by atoms with Crippen LogP contribution in [0.2, 0.25) is 0 Å². The van der Waals surface area contributed by atoms with Crippen molar-refractivity contribution in [1.29, 1.82) is 0 Å². The van der Waals surface area contributed by atoms with Crippen LogP contribution in [-0.4, -0.2) is 27.2 Å². The van der Waals surface area contributed by atoms with E-state index in [2.05, 4.69) is 5.32 Å². The summed E-state index contributed by atoms with van der Waals surface area (Å²) in [7, 11) is 4.55. The van der Waals surface area contributed by atoms with Crippen LogP contribution in [0.25, 0.3) is 0 Å². The third-order valence-corrected chi connectivity index (χ3v) is 4.21. The number of aryl methyl sites for hydroxylation is 1. The second-order valence-electron chi connectivity index (χ2n) is 5.95. The number of hydrogen-bond acceptors (Lipinski definition) is 4. The van der Waals surface area contributed by atoms with Crippen molar-refractivity contribution in [3.05, 3.63) is 53.1 Å². The monoisotopic (exact) mass is 379 g/mol. The standard InChI is InChI=1S/C20H23F2NO4/c1-12(15-8-7-14(21)11-16(15)22)23-18(24)10-6-13-5-9-17(25-2)20(27-4)19(13)26-3/h5,7-9,11-12H,6,10H2,1-4H3,(H,23,24). The molecule has 1 amide bonds. The van der Waals surface area contributed by atoms with Gasteiger partial charge in [0.2, 0.25) is 11.7 Å². The maximum Gasteiger partial charge on any atom is 0.220 e. The quantitative estimate of drug-likeness (QED) is 0.758. The van der Waals surface area contributed by atoms with Crippen LogP contribution in [0.5, 0.6) is 17.2 Å². The van der Waals surface area contributed by atoms with Crippen LogP contribution >= 0.6 is 0 Å². The highest BCUT2D eigenvalue weighted by Gasteiger charge is 2.18. The van der Waals surface area contributed by atoms with E-state index in [9.17, 15) is 13.6 Å². The van der Waals surface area contributed by atoms with E-state index >= 15 is 0 Å². The zero-order valence-electron chi connectivity index (χ0n) is 15.8. The second-order valence-corrected chi connectivity index (χ2v) is 5.95. The fraction of sp³-hybridized carbons (Fsp3) is 0.350. The van der Waals surface area contributed by atoms with Gasteiger partial charge in [-0.15, -0.1) is 0 Å². The van der Waals surface area contributed by atoms with Crippen molar-refractivity contribution in [2.45, 2.75) is 25.8 Å². The highest BCUT2D eigenvalue weighted by Crippen LogP contribution is 2.40. The molecule has 0 aliphatic carbocycles.